The van der Waals surface area contributed by atoms with Gasteiger partial charge in [-0.2, -0.15) is 10.2 Å². The number of rotatable bonds is 6. The fourth-order valence-electron chi connectivity index (χ4n) is 3.25. The minimum atomic E-state index is 0.0893. The lowest BCUT2D eigenvalue weighted by molar-refractivity contribution is 0.0716. The Hall–Kier alpha value is -2.11. The summed E-state index contributed by atoms with van der Waals surface area (Å²) >= 11 is 0. The minimum Gasteiger partial charge on any atom is -0.330 e. The van der Waals surface area contributed by atoms with E-state index in [1.165, 1.54) is 0 Å². The fraction of sp³-hybridized carbons (Fsp3) is 0.632. The predicted molar refractivity (Wildman–Crippen MR) is 97.6 cm³/mol. The van der Waals surface area contributed by atoms with Gasteiger partial charge in [0.05, 0.1) is 11.4 Å². The average molecular weight is 343 g/mol. The van der Waals surface area contributed by atoms with Crippen LogP contribution in [0, 0.1) is 13.8 Å². The normalized spacial score (nSPS) is 14.4. The lowest BCUT2D eigenvalue weighted by atomic mass is 10.1. The first-order chi connectivity index (χ1) is 11.8. The summed E-state index contributed by atoms with van der Waals surface area (Å²) in [5, 5.41) is 9.11. The molecule has 0 aromatic carbocycles. The van der Waals surface area contributed by atoms with Crippen LogP contribution in [-0.2, 0) is 20.1 Å². The van der Waals surface area contributed by atoms with E-state index in [0.717, 1.165) is 35.5 Å². The van der Waals surface area contributed by atoms with Gasteiger partial charge in [-0.15, -0.1) is 0 Å². The maximum atomic E-state index is 13.3. The SMILES string of the molecule is CCn1nc(C(C)C)cc1C(=O)N(Cc1c(C)nn(C)c1C)C1CC1. The Morgan fingerprint density at radius 3 is 2.48 bits per heavy atom. The molecule has 0 N–H and O–H groups in total. The Bertz CT molecular complexity index is 782. The lowest BCUT2D eigenvalue weighted by Crippen LogP contribution is -2.34. The van der Waals surface area contributed by atoms with E-state index in [2.05, 4.69) is 31.0 Å². The third-order valence-electron chi connectivity index (χ3n) is 5.14. The Balaban J connectivity index is 1.92. The van der Waals surface area contributed by atoms with Crippen molar-refractivity contribution in [3.05, 3.63) is 34.4 Å². The van der Waals surface area contributed by atoms with Crippen molar-refractivity contribution in [1.29, 1.82) is 0 Å². The maximum absolute atomic E-state index is 13.3. The van der Waals surface area contributed by atoms with Crippen molar-refractivity contribution in [2.24, 2.45) is 7.05 Å². The van der Waals surface area contributed by atoms with Crippen molar-refractivity contribution < 1.29 is 4.79 Å². The molecule has 1 saturated carbocycles. The molecule has 3 rings (SSSR count). The van der Waals surface area contributed by atoms with Crippen molar-refractivity contribution in [1.82, 2.24) is 24.5 Å². The van der Waals surface area contributed by atoms with Gasteiger partial charge >= 0.3 is 0 Å². The maximum Gasteiger partial charge on any atom is 0.272 e. The molecule has 0 bridgehead atoms. The van der Waals surface area contributed by atoms with E-state index in [9.17, 15) is 4.79 Å². The standard InChI is InChI=1S/C19H29N5O/c1-7-24-18(10-17(21-24)12(2)3)19(25)23(15-8-9-15)11-16-13(4)20-22(6)14(16)5/h10,12,15H,7-9,11H2,1-6H3. The van der Waals surface area contributed by atoms with Crippen LogP contribution in [0.1, 0.15) is 72.7 Å². The molecular weight excluding hydrogens is 314 g/mol. The molecule has 2 heterocycles. The van der Waals surface area contributed by atoms with E-state index in [1.54, 1.807) is 0 Å². The fourth-order valence-corrected chi connectivity index (χ4v) is 3.25. The number of aryl methyl sites for hydroxylation is 3. The van der Waals surface area contributed by atoms with Gasteiger partial charge in [-0.1, -0.05) is 13.8 Å². The Morgan fingerprint density at radius 1 is 1.32 bits per heavy atom. The van der Waals surface area contributed by atoms with E-state index in [-0.39, 0.29) is 5.91 Å². The van der Waals surface area contributed by atoms with Gasteiger partial charge in [-0.05, 0) is 45.6 Å². The topological polar surface area (TPSA) is 56.0 Å². The number of carbonyl (C=O) groups excluding carboxylic acids is 1. The van der Waals surface area contributed by atoms with Crippen LogP contribution in [0.5, 0.6) is 0 Å². The Kier molecular flexibility index (Phi) is 4.71. The molecule has 6 nitrogen and oxygen atoms in total. The zero-order chi connectivity index (χ0) is 18.3. The minimum absolute atomic E-state index is 0.0893. The third kappa shape index (κ3) is 3.34. The summed E-state index contributed by atoms with van der Waals surface area (Å²) in [6.45, 7) is 11.7. The van der Waals surface area contributed by atoms with Gasteiger partial charge in [-0.25, -0.2) is 0 Å². The molecule has 1 fully saturated rings. The van der Waals surface area contributed by atoms with Crippen LogP contribution in [0.3, 0.4) is 0 Å². The van der Waals surface area contributed by atoms with E-state index in [0.29, 0.717) is 30.7 Å². The lowest BCUT2D eigenvalue weighted by Gasteiger charge is -2.23. The highest BCUT2D eigenvalue weighted by Crippen LogP contribution is 2.31. The van der Waals surface area contributed by atoms with Gasteiger partial charge in [0.2, 0.25) is 0 Å². The molecule has 136 valence electrons. The van der Waals surface area contributed by atoms with Gasteiger partial charge in [-0.3, -0.25) is 14.2 Å². The van der Waals surface area contributed by atoms with Crippen LogP contribution in [0.25, 0.3) is 0 Å². The molecule has 0 saturated heterocycles. The molecule has 0 atom stereocenters. The monoisotopic (exact) mass is 343 g/mol. The molecule has 0 unspecified atom stereocenters. The summed E-state index contributed by atoms with van der Waals surface area (Å²) in [6.07, 6.45) is 2.17. The van der Waals surface area contributed by atoms with E-state index < -0.39 is 0 Å². The summed E-state index contributed by atoms with van der Waals surface area (Å²) in [4.78, 5) is 15.3. The number of hydrogen-bond acceptors (Lipinski definition) is 3. The van der Waals surface area contributed by atoms with E-state index in [4.69, 9.17) is 0 Å². The molecule has 0 radical (unpaired) electrons. The number of carbonyl (C=O) groups is 1. The van der Waals surface area contributed by atoms with Gasteiger partial charge < -0.3 is 4.90 Å². The highest BCUT2D eigenvalue weighted by atomic mass is 16.2. The number of hydrogen-bond donors (Lipinski definition) is 0. The van der Waals surface area contributed by atoms with Crippen molar-refractivity contribution in [3.8, 4) is 0 Å². The second-order valence-electron chi connectivity index (χ2n) is 7.36. The van der Waals surface area contributed by atoms with Gasteiger partial charge in [0.15, 0.2) is 0 Å². The van der Waals surface area contributed by atoms with E-state index in [1.807, 2.05) is 41.2 Å². The number of nitrogens with zero attached hydrogens (tertiary/aromatic N) is 5. The van der Waals surface area contributed by atoms with Crippen LogP contribution >= 0.6 is 0 Å². The Morgan fingerprint density at radius 2 is 2.00 bits per heavy atom. The van der Waals surface area contributed by atoms with Crippen LogP contribution in [0.15, 0.2) is 6.07 Å². The molecular formula is C19H29N5O. The van der Waals surface area contributed by atoms with Crippen molar-refractivity contribution in [2.45, 2.75) is 72.5 Å². The van der Waals surface area contributed by atoms with Gasteiger partial charge in [0.1, 0.15) is 5.69 Å². The smallest absolute Gasteiger partial charge is 0.272 e. The second-order valence-corrected chi connectivity index (χ2v) is 7.36. The highest BCUT2D eigenvalue weighted by molar-refractivity contribution is 5.93. The summed E-state index contributed by atoms with van der Waals surface area (Å²) < 4.78 is 3.74. The third-order valence-corrected chi connectivity index (χ3v) is 5.14. The first kappa shape index (κ1) is 17.7. The quantitative estimate of drug-likeness (QED) is 0.809. The zero-order valence-corrected chi connectivity index (χ0v) is 16.2. The van der Waals surface area contributed by atoms with Gasteiger partial charge in [0.25, 0.3) is 5.91 Å². The first-order valence-electron chi connectivity index (χ1n) is 9.21. The number of aromatic nitrogens is 4. The molecule has 25 heavy (non-hydrogen) atoms. The van der Waals surface area contributed by atoms with Crippen LogP contribution in [0.4, 0.5) is 0 Å². The molecule has 0 aliphatic heterocycles. The van der Waals surface area contributed by atoms with Crippen LogP contribution in [0.2, 0.25) is 0 Å². The van der Waals surface area contributed by atoms with Crippen LogP contribution < -0.4 is 0 Å². The van der Waals surface area contributed by atoms with Crippen LogP contribution in [-0.4, -0.2) is 36.4 Å². The summed E-state index contributed by atoms with van der Waals surface area (Å²) in [5.41, 5.74) is 4.98. The molecule has 2 aromatic heterocycles. The average Bonchev–Trinajstić information content (AvgIpc) is 3.25. The zero-order valence-electron chi connectivity index (χ0n) is 16.2. The van der Waals surface area contributed by atoms with Gasteiger partial charge in [0, 0.05) is 37.4 Å². The predicted octanol–water partition coefficient (Wildman–Crippen LogP) is 3.18. The Labute approximate surface area is 149 Å². The molecule has 1 amide bonds. The molecule has 6 heteroatoms. The summed E-state index contributed by atoms with van der Waals surface area (Å²) in [5.74, 6) is 0.406. The largest absolute Gasteiger partial charge is 0.330 e. The first-order valence-corrected chi connectivity index (χ1v) is 9.21. The van der Waals surface area contributed by atoms with E-state index >= 15 is 0 Å². The molecule has 1 aliphatic carbocycles. The second kappa shape index (κ2) is 6.65. The summed E-state index contributed by atoms with van der Waals surface area (Å²) in [7, 11) is 1.95. The van der Waals surface area contributed by atoms with Crippen molar-refractivity contribution in [2.75, 3.05) is 0 Å². The highest BCUT2D eigenvalue weighted by Gasteiger charge is 2.35. The van der Waals surface area contributed by atoms with Crippen molar-refractivity contribution in [3.63, 3.8) is 0 Å². The number of amides is 1. The molecule has 0 spiro atoms. The molecule has 2 aromatic rings. The summed E-state index contributed by atoms with van der Waals surface area (Å²) in [6, 6.07) is 2.31. The van der Waals surface area contributed by atoms with Crippen molar-refractivity contribution >= 4 is 5.91 Å². The molecule has 1 aliphatic rings.